The van der Waals surface area contributed by atoms with Gasteiger partial charge in [0.15, 0.2) is 36.6 Å². The van der Waals surface area contributed by atoms with E-state index in [1.54, 1.807) is 36.4 Å². The summed E-state index contributed by atoms with van der Waals surface area (Å²) in [6.07, 6.45) is -12.3. The van der Waals surface area contributed by atoms with Crippen LogP contribution in [0, 0.1) is 0 Å². The van der Waals surface area contributed by atoms with Gasteiger partial charge in [0, 0.05) is 55.4 Å². The predicted octanol–water partition coefficient (Wildman–Crippen LogP) is 4.62. The first-order valence-corrected chi connectivity index (χ1v) is 20.2. The number of carbonyl (C=O) groups is 8. The van der Waals surface area contributed by atoms with Gasteiger partial charge in [-0.05, 0) is 45.5 Å². The first-order chi connectivity index (χ1) is 30.3. The van der Waals surface area contributed by atoms with Crippen LogP contribution in [0.2, 0.25) is 0 Å². The molecule has 0 radical (unpaired) electrons. The molecule has 64 heavy (non-hydrogen) atoms. The fourth-order valence-corrected chi connectivity index (χ4v) is 7.64. The fraction of sp³-hybridized carbons (Fsp3) is 0.435. The first kappa shape index (κ1) is 48.4. The maximum atomic E-state index is 12.4. The Balaban J connectivity index is 1.49. The summed E-state index contributed by atoms with van der Waals surface area (Å²) < 4.78 is 56.8. The normalized spacial score (nSPS) is 25.1. The zero-order valence-electron chi connectivity index (χ0n) is 36.5. The van der Waals surface area contributed by atoms with Crippen LogP contribution in [-0.2, 0) is 85.7 Å². The van der Waals surface area contributed by atoms with Crippen LogP contribution in [0.15, 0.2) is 72.8 Å². The molecule has 2 heterocycles. The minimum atomic E-state index is -1.34. The Labute approximate surface area is 368 Å². The molecule has 18 heteroatoms. The van der Waals surface area contributed by atoms with Crippen LogP contribution in [0.4, 0.5) is 0 Å². The minimum Gasteiger partial charge on any atom is -0.463 e. The lowest BCUT2D eigenvalue weighted by Crippen LogP contribution is -2.59. The van der Waals surface area contributed by atoms with Gasteiger partial charge in [0.1, 0.15) is 37.6 Å². The summed E-state index contributed by atoms with van der Waals surface area (Å²) in [5.74, 6) is -5.68. The molecule has 0 unspecified atom stereocenters. The van der Waals surface area contributed by atoms with Crippen molar-refractivity contribution in [2.24, 2.45) is 0 Å². The van der Waals surface area contributed by atoms with Crippen LogP contribution in [0.25, 0.3) is 22.3 Å². The summed E-state index contributed by atoms with van der Waals surface area (Å²) in [7, 11) is 0. The zero-order chi connectivity index (χ0) is 46.8. The summed E-state index contributed by atoms with van der Waals surface area (Å²) in [5.41, 5.74) is 3.93. The van der Waals surface area contributed by atoms with Crippen molar-refractivity contribution >= 4 is 47.8 Å². The van der Waals surface area contributed by atoms with Crippen molar-refractivity contribution in [2.75, 3.05) is 13.2 Å². The van der Waals surface area contributed by atoms with Gasteiger partial charge in [-0.15, -0.1) is 0 Å². The summed E-state index contributed by atoms with van der Waals surface area (Å²) in [6.45, 7) is 8.59. The summed E-state index contributed by atoms with van der Waals surface area (Å²) >= 11 is 0. The molecule has 3 aromatic carbocycles. The lowest BCUT2D eigenvalue weighted by Gasteiger charge is -2.44. The summed E-state index contributed by atoms with van der Waals surface area (Å²) in [5, 5.41) is 0. The van der Waals surface area contributed by atoms with Crippen molar-refractivity contribution in [3.8, 4) is 22.3 Å². The Morgan fingerprint density at radius 3 is 0.969 bits per heavy atom. The van der Waals surface area contributed by atoms with Gasteiger partial charge in [-0.3, -0.25) is 38.4 Å². The molecule has 0 N–H and O–H groups in total. The first-order valence-electron chi connectivity index (χ1n) is 20.2. The summed E-state index contributed by atoms with van der Waals surface area (Å²) in [6, 6.07) is 21.7. The lowest BCUT2D eigenvalue weighted by molar-refractivity contribution is -0.254. The molecule has 2 saturated heterocycles. The second kappa shape index (κ2) is 21.6. The van der Waals surface area contributed by atoms with Crippen molar-refractivity contribution in [1.82, 2.24) is 0 Å². The van der Waals surface area contributed by atoms with E-state index in [9.17, 15) is 38.4 Å². The molecule has 0 amide bonds. The number of carbonyl (C=O) groups excluding carboxylic acids is 8. The highest BCUT2D eigenvalue weighted by Crippen LogP contribution is 2.41. The Morgan fingerprint density at radius 2 is 0.672 bits per heavy atom. The average Bonchev–Trinajstić information content (AvgIpc) is 3.21. The number of esters is 8. The van der Waals surface area contributed by atoms with Crippen molar-refractivity contribution in [3.63, 3.8) is 0 Å². The number of hydrogen-bond donors (Lipinski definition) is 0. The van der Waals surface area contributed by atoms with E-state index in [0.29, 0.717) is 22.3 Å². The standard InChI is InChI=1S/C46H50O18/c1-23(47)55-21-37-41(57-25(3)49)45(61-29(7)53)43(59-27(5)51)39(63-37)35-13-9-11-33(19-35)31-15-17-32(18-16-31)34-12-10-14-36(20-34)40-44(60-28(6)52)46(62-30(8)54)42(58-26(4)50)38(64-40)22-56-24(2)48/h9-20,37-46H,21-22H2,1-8H3/t37-,38-,39-,40-,41-,42-,43-,44-,45-,46+/m1/s1. The van der Waals surface area contributed by atoms with Crippen LogP contribution in [0.1, 0.15) is 78.7 Å². The highest BCUT2D eigenvalue weighted by molar-refractivity contribution is 5.73. The second-order valence-electron chi connectivity index (χ2n) is 15.1. The van der Waals surface area contributed by atoms with E-state index in [0.717, 1.165) is 38.8 Å². The van der Waals surface area contributed by atoms with E-state index < -0.39 is 109 Å². The van der Waals surface area contributed by atoms with Gasteiger partial charge in [-0.2, -0.15) is 0 Å². The maximum absolute atomic E-state index is 12.4. The third kappa shape index (κ3) is 12.7. The molecule has 342 valence electrons. The van der Waals surface area contributed by atoms with Gasteiger partial charge in [0.25, 0.3) is 0 Å². The maximum Gasteiger partial charge on any atom is 0.303 e. The van der Waals surface area contributed by atoms with E-state index in [1.807, 2.05) is 36.4 Å². The molecule has 2 aliphatic rings. The van der Waals surface area contributed by atoms with Gasteiger partial charge >= 0.3 is 47.8 Å². The molecule has 3 aromatic rings. The number of ether oxygens (including phenoxy) is 10. The van der Waals surface area contributed by atoms with Gasteiger partial charge in [-0.25, -0.2) is 0 Å². The Hall–Kier alpha value is -6.66. The summed E-state index contributed by atoms with van der Waals surface area (Å²) in [4.78, 5) is 97.6. The van der Waals surface area contributed by atoms with Crippen LogP contribution < -0.4 is 0 Å². The minimum absolute atomic E-state index is 0.371. The van der Waals surface area contributed by atoms with Crippen LogP contribution in [0.5, 0.6) is 0 Å². The molecule has 2 aliphatic heterocycles. The number of benzene rings is 3. The Bertz CT molecular complexity index is 2060. The molecular formula is C46H50O18. The molecule has 0 aromatic heterocycles. The average molecular weight is 891 g/mol. The number of rotatable bonds is 14. The van der Waals surface area contributed by atoms with Crippen LogP contribution in [0.3, 0.4) is 0 Å². The molecule has 5 rings (SSSR count). The smallest absolute Gasteiger partial charge is 0.303 e. The predicted molar refractivity (Wildman–Crippen MR) is 219 cm³/mol. The van der Waals surface area contributed by atoms with Crippen molar-refractivity contribution in [3.05, 3.63) is 83.9 Å². The topological polar surface area (TPSA) is 229 Å². The number of hydrogen-bond acceptors (Lipinski definition) is 18. The third-order valence-electron chi connectivity index (χ3n) is 9.96. The highest BCUT2D eigenvalue weighted by Gasteiger charge is 2.54. The van der Waals surface area contributed by atoms with E-state index in [4.69, 9.17) is 47.4 Å². The van der Waals surface area contributed by atoms with Gasteiger partial charge < -0.3 is 47.4 Å². The Kier molecular flexibility index (Phi) is 16.3. The molecule has 18 nitrogen and oxygen atoms in total. The molecular weight excluding hydrogens is 840 g/mol. The fourth-order valence-electron chi connectivity index (χ4n) is 7.64. The lowest BCUT2D eigenvalue weighted by atomic mass is 9.88. The van der Waals surface area contributed by atoms with Gasteiger partial charge in [0.2, 0.25) is 0 Å². The Morgan fingerprint density at radius 1 is 0.375 bits per heavy atom. The van der Waals surface area contributed by atoms with Gasteiger partial charge in [-0.1, -0.05) is 60.7 Å². The molecule has 0 bridgehead atoms. The highest BCUT2D eigenvalue weighted by atomic mass is 16.7. The monoisotopic (exact) mass is 890 g/mol. The van der Waals surface area contributed by atoms with E-state index in [-0.39, 0.29) is 13.2 Å². The van der Waals surface area contributed by atoms with Crippen molar-refractivity contribution in [2.45, 2.75) is 116 Å². The van der Waals surface area contributed by atoms with Gasteiger partial charge in [0.05, 0.1) is 0 Å². The second-order valence-corrected chi connectivity index (χ2v) is 15.1. The van der Waals surface area contributed by atoms with E-state index >= 15 is 0 Å². The molecule has 0 aliphatic carbocycles. The van der Waals surface area contributed by atoms with Crippen LogP contribution >= 0.6 is 0 Å². The molecule has 2 fully saturated rings. The van der Waals surface area contributed by atoms with Crippen molar-refractivity contribution in [1.29, 1.82) is 0 Å². The SMILES string of the molecule is CC(=O)OC[C@H]1O[C@H](c2cccc(-c3ccc(-c4cccc([C@H]5O[C@H](COC(C)=O)[C@@H](OC(C)=O)[C@@H](OC(C)=O)[C@@H]5OC(C)=O)c4)cc3)c2)[C@@H](OC(C)=O)[C@@H](OC(C)=O)[C@@H]1OC(C)=O. The molecule has 0 spiro atoms. The quantitative estimate of drug-likeness (QED) is 0.159. The van der Waals surface area contributed by atoms with E-state index in [1.165, 1.54) is 27.7 Å². The molecule has 0 saturated carbocycles. The third-order valence-corrected chi connectivity index (χ3v) is 9.96. The molecule has 10 atom stereocenters. The van der Waals surface area contributed by atoms with Crippen molar-refractivity contribution < 1.29 is 85.7 Å². The largest absolute Gasteiger partial charge is 0.463 e. The van der Waals surface area contributed by atoms with Crippen LogP contribution in [-0.4, -0.2) is 110 Å². The zero-order valence-corrected chi connectivity index (χ0v) is 36.5. The van der Waals surface area contributed by atoms with E-state index in [2.05, 4.69) is 0 Å².